The van der Waals surface area contributed by atoms with Gasteiger partial charge in [-0.05, 0) is 37.5 Å². The van der Waals surface area contributed by atoms with Crippen molar-refractivity contribution in [3.05, 3.63) is 34.4 Å². The molecule has 1 nitrogen and oxygen atoms in total. The minimum absolute atomic E-state index is 0.501. The molecule has 1 N–H and O–H groups in total. The summed E-state index contributed by atoms with van der Waals surface area (Å²) in [6.45, 7) is 10.0. The molecule has 2 unspecified atom stereocenters. The summed E-state index contributed by atoms with van der Waals surface area (Å²) in [4.78, 5) is 0. The number of hydrogen-bond donors (Lipinski definition) is 1. The van der Waals surface area contributed by atoms with Crippen LogP contribution in [0.3, 0.4) is 0 Å². The number of benzene rings is 1. The van der Waals surface area contributed by atoms with Crippen LogP contribution in [0.4, 0.5) is 0 Å². The summed E-state index contributed by atoms with van der Waals surface area (Å²) in [5, 5.41) is 4.82. The Labute approximate surface area is 96.7 Å². The lowest BCUT2D eigenvalue weighted by Gasteiger charge is -2.17. The maximum atomic E-state index is 3.59. The van der Waals surface area contributed by atoms with Crippen molar-refractivity contribution in [1.82, 2.24) is 5.32 Å². The average molecular weight is 221 g/mol. The largest absolute Gasteiger partial charge is 0.301 e. The molecule has 1 aliphatic rings. The molecule has 1 saturated heterocycles. The third-order valence-electron chi connectivity index (χ3n) is 2.96. The molecule has 0 radical (unpaired) electrons. The van der Waals surface area contributed by atoms with Gasteiger partial charge < -0.3 is 5.32 Å². The van der Waals surface area contributed by atoms with Crippen molar-refractivity contribution in [3.8, 4) is 0 Å². The topological polar surface area (TPSA) is 12.0 Å². The molecule has 1 fully saturated rings. The molecule has 2 heteroatoms. The normalized spacial score (nSPS) is 25.9. The summed E-state index contributed by atoms with van der Waals surface area (Å²) < 4.78 is 0. The lowest BCUT2D eigenvalue weighted by molar-refractivity contribution is 0.712. The van der Waals surface area contributed by atoms with Crippen molar-refractivity contribution < 1.29 is 0 Å². The van der Waals surface area contributed by atoms with Gasteiger partial charge in [0.2, 0.25) is 0 Å². The first-order chi connectivity index (χ1) is 7.08. The Bertz CT molecular complexity index is 350. The van der Waals surface area contributed by atoms with Gasteiger partial charge >= 0.3 is 0 Å². The van der Waals surface area contributed by atoms with Crippen LogP contribution in [0.5, 0.6) is 0 Å². The summed E-state index contributed by atoms with van der Waals surface area (Å²) in [5.41, 5.74) is 5.71. The van der Waals surface area contributed by atoms with Crippen molar-refractivity contribution in [2.75, 3.05) is 6.54 Å². The van der Waals surface area contributed by atoms with Gasteiger partial charge in [0.15, 0.2) is 0 Å². The predicted molar refractivity (Wildman–Crippen MR) is 68.4 cm³/mol. The monoisotopic (exact) mass is 221 g/mol. The first kappa shape index (κ1) is 11.0. The minimum Gasteiger partial charge on any atom is -0.301 e. The molecule has 1 aromatic rings. The zero-order chi connectivity index (χ0) is 11.0. The van der Waals surface area contributed by atoms with Crippen LogP contribution in [0.2, 0.25) is 0 Å². The average Bonchev–Trinajstić information content (AvgIpc) is 2.49. The quantitative estimate of drug-likeness (QED) is 0.780. The molecule has 0 aliphatic carbocycles. The molecule has 0 spiro atoms. The van der Waals surface area contributed by atoms with E-state index in [1.54, 1.807) is 0 Å². The summed E-state index contributed by atoms with van der Waals surface area (Å²) in [5.74, 6) is 0. The Hall–Kier alpha value is -0.470. The van der Waals surface area contributed by atoms with E-state index in [-0.39, 0.29) is 0 Å². The molecular weight excluding hydrogens is 202 g/mol. The zero-order valence-electron chi connectivity index (χ0n) is 9.92. The highest BCUT2D eigenvalue weighted by atomic mass is 32.2. The van der Waals surface area contributed by atoms with Crippen molar-refractivity contribution >= 4 is 11.8 Å². The van der Waals surface area contributed by atoms with E-state index in [4.69, 9.17) is 0 Å². The van der Waals surface area contributed by atoms with E-state index >= 15 is 0 Å². The van der Waals surface area contributed by atoms with Gasteiger partial charge in [0.05, 0.1) is 5.37 Å². The first-order valence-corrected chi connectivity index (χ1v) is 6.49. The SMILES string of the molecule is Cc1cc(C)c(C2NCC(C)S2)c(C)c1. The van der Waals surface area contributed by atoms with Crippen LogP contribution < -0.4 is 5.32 Å². The van der Waals surface area contributed by atoms with Crippen molar-refractivity contribution in [3.63, 3.8) is 0 Å². The maximum Gasteiger partial charge on any atom is 0.0798 e. The molecule has 15 heavy (non-hydrogen) atoms. The van der Waals surface area contributed by atoms with Gasteiger partial charge in [-0.15, -0.1) is 11.8 Å². The molecular formula is C13H19NS. The van der Waals surface area contributed by atoms with Crippen LogP contribution in [-0.2, 0) is 0 Å². The number of aryl methyl sites for hydroxylation is 3. The molecule has 0 saturated carbocycles. The number of nitrogens with one attached hydrogen (secondary N) is 1. The smallest absolute Gasteiger partial charge is 0.0798 e. The third kappa shape index (κ3) is 2.21. The highest BCUT2D eigenvalue weighted by Crippen LogP contribution is 2.37. The third-order valence-corrected chi connectivity index (χ3v) is 4.27. The fourth-order valence-electron chi connectivity index (χ4n) is 2.38. The Kier molecular flexibility index (Phi) is 3.08. The van der Waals surface area contributed by atoms with Crippen LogP contribution in [-0.4, -0.2) is 11.8 Å². The Morgan fingerprint density at radius 3 is 2.27 bits per heavy atom. The molecule has 0 aromatic heterocycles. The molecule has 0 amide bonds. The van der Waals surface area contributed by atoms with Crippen LogP contribution in [0.15, 0.2) is 12.1 Å². The molecule has 82 valence electrons. The molecule has 0 bridgehead atoms. The fourth-order valence-corrected chi connectivity index (χ4v) is 3.73. The van der Waals surface area contributed by atoms with Crippen molar-refractivity contribution in [2.45, 2.75) is 38.3 Å². The van der Waals surface area contributed by atoms with Gasteiger partial charge in [-0.3, -0.25) is 0 Å². The molecule has 1 heterocycles. The van der Waals surface area contributed by atoms with E-state index in [2.05, 4.69) is 45.1 Å². The van der Waals surface area contributed by atoms with Crippen LogP contribution in [0.25, 0.3) is 0 Å². The lowest BCUT2D eigenvalue weighted by atomic mass is 9.99. The highest BCUT2D eigenvalue weighted by molar-refractivity contribution is 8.00. The Morgan fingerprint density at radius 2 is 1.80 bits per heavy atom. The van der Waals surface area contributed by atoms with Crippen LogP contribution >= 0.6 is 11.8 Å². The van der Waals surface area contributed by atoms with Crippen molar-refractivity contribution in [2.24, 2.45) is 0 Å². The number of hydrogen-bond acceptors (Lipinski definition) is 2. The van der Waals surface area contributed by atoms with E-state index in [0.29, 0.717) is 5.37 Å². The Balaban J connectivity index is 2.35. The number of rotatable bonds is 1. The highest BCUT2D eigenvalue weighted by Gasteiger charge is 2.25. The second-order valence-corrected chi connectivity index (χ2v) is 6.10. The van der Waals surface area contributed by atoms with E-state index in [0.717, 1.165) is 11.8 Å². The second-order valence-electron chi connectivity index (χ2n) is 4.55. The van der Waals surface area contributed by atoms with Crippen LogP contribution in [0, 0.1) is 20.8 Å². The van der Waals surface area contributed by atoms with E-state index in [9.17, 15) is 0 Å². The molecule has 1 aliphatic heterocycles. The summed E-state index contributed by atoms with van der Waals surface area (Å²) >= 11 is 2.04. The predicted octanol–water partition coefficient (Wildman–Crippen LogP) is 3.34. The van der Waals surface area contributed by atoms with Gasteiger partial charge in [0, 0.05) is 11.8 Å². The fraction of sp³-hybridized carbons (Fsp3) is 0.538. The van der Waals surface area contributed by atoms with E-state index in [1.807, 2.05) is 11.8 Å². The minimum atomic E-state index is 0.501. The second kappa shape index (κ2) is 4.18. The maximum absolute atomic E-state index is 3.59. The van der Waals surface area contributed by atoms with Crippen molar-refractivity contribution in [1.29, 1.82) is 0 Å². The summed E-state index contributed by atoms with van der Waals surface area (Å²) in [6, 6.07) is 4.57. The van der Waals surface area contributed by atoms with Gasteiger partial charge in [-0.25, -0.2) is 0 Å². The molecule has 1 aromatic carbocycles. The van der Waals surface area contributed by atoms with E-state index < -0.39 is 0 Å². The van der Waals surface area contributed by atoms with Gasteiger partial charge in [-0.1, -0.05) is 24.6 Å². The van der Waals surface area contributed by atoms with Gasteiger partial charge in [0.25, 0.3) is 0 Å². The molecule has 2 atom stereocenters. The Morgan fingerprint density at radius 1 is 1.20 bits per heavy atom. The van der Waals surface area contributed by atoms with Gasteiger partial charge in [0.1, 0.15) is 0 Å². The summed E-state index contributed by atoms with van der Waals surface area (Å²) in [6.07, 6.45) is 0. The van der Waals surface area contributed by atoms with E-state index in [1.165, 1.54) is 22.3 Å². The standard InChI is InChI=1S/C13H19NS/c1-8-5-9(2)12(10(3)6-8)13-14-7-11(4)15-13/h5-6,11,13-14H,7H2,1-4H3. The zero-order valence-corrected chi connectivity index (χ0v) is 10.7. The number of thioether (sulfide) groups is 1. The van der Waals surface area contributed by atoms with Crippen LogP contribution in [0.1, 0.15) is 34.6 Å². The summed E-state index contributed by atoms with van der Waals surface area (Å²) in [7, 11) is 0. The first-order valence-electron chi connectivity index (χ1n) is 5.54. The van der Waals surface area contributed by atoms with Gasteiger partial charge in [-0.2, -0.15) is 0 Å². The lowest BCUT2D eigenvalue weighted by Crippen LogP contribution is -2.15. The molecule has 2 rings (SSSR count).